The van der Waals surface area contributed by atoms with Crippen LogP contribution in [-0.4, -0.2) is 33.9 Å². The van der Waals surface area contributed by atoms with E-state index in [-0.39, 0.29) is 5.91 Å². The maximum Gasteiger partial charge on any atom is 0.227 e. The first-order chi connectivity index (χ1) is 10.7. The predicted octanol–water partition coefficient (Wildman–Crippen LogP) is 3.06. The first kappa shape index (κ1) is 13.8. The van der Waals surface area contributed by atoms with Gasteiger partial charge < -0.3 is 9.88 Å². The number of benzene rings is 1. The van der Waals surface area contributed by atoms with Crippen LogP contribution in [0.1, 0.15) is 37.1 Å². The number of fused-ring (bicyclic) bond motifs is 3. The summed E-state index contributed by atoms with van der Waals surface area (Å²) in [6.45, 7) is 3.90. The van der Waals surface area contributed by atoms with Crippen LogP contribution in [0.15, 0.2) is 18.2 Å². The number of aryl methyl sites for hydroxylation is 1. The molecule has 4 heteroatoms. The highest BCUT2D eigenvalue weighted by molar-refractivity contribution is 5.82. The van der Waals surface area contributed by atoms with Gasteiger partial charge in [0, 0.05) is 13.1 Å². The molecule has 0 unspecified atom stereocenters. The lowest BCUT2D eigenvalue weighted by Gasteiger charge is -2.41. The first-order valence-corrected chi connectivity index (χ1v) is 8.40. The standard InChI is InChI=1S/C18H23N3O/c1-12-19-16-6-5-13(8-17(16)20-12)9-18(22)21-10-14-3-2-4-15(7-14)11-21/h5-6,8,14-15H,2-4,7,9-11H2,1H3,(H,19,20)/t14-,15-/m0/s1. The summed E-state index contributed by atoms with van der Waals surface area (Å²) in [6, 6.07) is 6.11. The monoisotopic (exact) mass is 297 g/mol. The van der Waals surface area contributed by atoms with Gasteiger partial charge in [0.05, 0.1) is 17.5 Å². The average molecular weight is 297 g/mol. The Morgan fingerprint density at radius 3 is 2.86 bits per heavy atom. The van der Waals surface area contributed by atoms with E-state index in [9.17, 15) is 4.79 Å². The molecule has 2 heterocycles. The van der Waals surface area contributed by atoms with Crippen molar-refractivity contribution in [2.24, 2.45) is 11.8 Å². The van der Waals surface area contributed by atoms with Crippen molar-refractivity contribution in [3.63, 3.8) is 0 Å². The third-order valence-electron chi connectivity index (χ3n) is 5.22. The van der Waals surface area contributed by atoms with Crippen molar-refractivity contribution < 1.29 is 4.79 Å². The Labute approximate surface area is 130 Å². The van der Waals surface area contributed by atoms with Gasteiger partial charge in [-0.2, -0.15) is 0 Å². The lowest BCUT2D eigenvalue weighted by molar-refractivity contribution is -0.134. The topological polar surface area (TPSA) is 49.0 Å². The fraction of sp³-hybridized carbons (Fsp3) is 0.556. The summed E-state index contributed by atoms with van der Waals surface area (Å²) in [5, 5.41) is 0. The quantitative estimate of drug-likeness (QED) is 0.926. The van der Waals surface area contributed by atoms with Crippen LogP contribution >= 0.6 is 0 Å². The molecule has 4 nitrogen and oxygen atoms in total. The van der Waals surface area contributed by atoms with Crippen LogP contribution in [0.5, 0.6) is 0 Å². The molecule has 2 atom stereocenters. The van der Waals surface area contributed by atoms with E-state index in [0.717, 1.165) is 47.3 Å². The third-order valence-corrected chi connectivity index (χ3v) is 5.22. The molecule has 1 N–H and O–H groups in total. The fourth-order valence-electron chi connectivity index (χ4n) is 4.22. The second kappa shape index (κ2) is 5.41. The molecule has 4 rings (SSSR count). The molecule has 116 valence electrons. The molecule has 1 amide bonds. The number of aromatic amines is 1. The normalized spacial score (nSPS) is 24.7. The van der Waals surface area contributed by atoms with Crippen LogP contribution in [0.2, 0.25) is 0 Å². The number of likely N-dealkylation sites (tertiary alicyclic amines) is 1. The van der Waals surface area contributed by atoms with E-state index < -0.39 is 0 Å². The number of rotatable bonds is 2. The zero-order valence-electron chi connectivity index (χ0n) is 13.1. The number of nitrogens with one attached hydrogen (secondary N) is 1. The van der Waals surface area contributed by atoms with Crippen LogP contribution in [0, 0.1) is 18.8 Å². The predicted molar refractivity (Wildman–Crippen MR) is 86.6 cm³/mol. The molecule has 1 saturated carbocycles. The fourth-order valence-corrected chi connectivity index (χ4v) is 4.22. The van der Waals surface area contributed by atoms with Gasteiger partial charge in [0.15, 0.2) is 0 Å². The molecule has 1 aromatic heterocycles. The zero-order valence-corrected chi connectivity index (χ0v) is 13.1. The van der Waals surface area contributed by atoms with Crippen LogP contribution in [0.3, 0.4) is 0 Å². The summed E-state index contributed by atoms with van der Waals surface area (Å²) in [7, 11) is 0. The molecular weight excluding hydrogens is 274 g/mol. The minimum atomic E-state index is 0.284. The van der Waals surface area contributed by atoms with Crippen LogP contribution in [0.25, 0.3) is 11.0 Å². The number of H-pyrrole nitrogens is 1. The van der Waals surface area contributed by atoms with Crippen LogP contribution in [0.4, 0.5) is 0 Å². The van der Waals surface area contributed by atoms with E-state index in [1.807, 2.05) is 19.1 Å². The van der Waals surface area contributed by atoms with E-state index in [1.54, 1.807) is 0 Å². The number of hydrogen-bond donors (Lipinski definition) is 1. The SMILES string of the molecule is Cc1nc2ccc(CC(=O)N3C[C@H]4CCC[C@@H](C4)C3)cc2[nH]1. The third kappa shape index (κ3) is 2.62. The molecule has 1 aliphatic carbocycles. The molecular formula is C18H23N3O. The molecule has 2 aromatic rings. The second-order valence-corrected chi connectivity index (χ2v) is 7.05. The van der Waals surface area contributed by atoms with Crippen molar-refractivity contribution in [2.45, 2.75) is 39.0 Å². The van der Waals surface area contributed by atoms with Crippen molar-refractivity contribution in [2.75, 3.05) is 13.1 Å². The number of piperidine rings is 1. The van der Waals surface area contributed by atoms with E-state index in [0.29, 0.717) is 6.42 Å². The van der Waals surface area contributed by atoms with Crippen molar-refractivity contribution in [1.82, 2.24) is 14.9 Å². The molecule has 2 bridgehead atoms. The average Bonchev–Trinajstić information content (AvgIpc) is 2.86. The minimum Gasteiger partial charge on any atom is -0.342 e. The summed E-state index contributed by atoms with van der Waals surface area (Å²) < 4.78 is 0. The van der Waals surface area contributed by atoms with Gasteiger partial charge in [-0.05, 0) is 55.7 Å². The van der Waals surface area contributed by atoms with E-state index in [2.05, 4.69) is 20.9 Å². The van der Waals surface area contributed by atoms with Gasteiger partial charge in [0.1, 0.15) is 5.82 Å². The molecule has 1 saturated heterocycles. The Bertz CT molecular complexity index is 693. The summed E-state index contributed by atoms with van der Waals surface area (Å²) in [4.78, 5) is 22.4. The van der Waals surface area contributed by atoms with Crippen molar-refractivity contribution in [3.8, 4) is 0 Å². The largest absolute Gasteiger partial charge is 0.342 e. The van der Waals surface area contributed by atoms with Gasteiger partial charge in [-0.15, -0.1) is 0 Å². The van der Waals surface area contributed by atoms with Crippen LogP contribution in [-0.2, 0) is 11.2 Å². The summed E-state index contributed by atoms with van der Waals surface area (Å²) in [6.07, 6.45) is 5.81. The van der Waals surface area contributed by atoms with Gasteiger partial charge in [-0.3, -0.25) is 4.79 Å². The molecule has 2 fully saturated rings. The van der Waals surface area contributed by atoms with E-state index in [4.69, 9.17) is 0 Å². The highest BCUT2D eigenvalue weighted by atomic mass is 16.2. The van der Waals surface area contributed by atoms with Gasteiger partial charge >= 0.3 is 0 Å². The minimum absolute atomic E-state index is 0.284. The summed E-state index contributed by atoms with van der Waals surface area (Å²) >= 11 is 0. The second-order valence-electron chi connectivity index (χ2n) is 7.05. The van der Waals surface area contributed by atoms with E-state index >= 15 is 0 Å². The van der Waals surface area contributed by atoms with E-state index in [1.165, 1.54) is 25.7 Å². The zero-order chi connectivity index (χ0) is 15.1. The van der Waals surface area contributed by atoms with Crippen molar-refractivity contribution in [3.05, 3.63) is 29.6 Å². The Morgan fingerprint density at radius 1 is 1.32 bits per heavy atom. The first-order valence-electron chi connectivity index (χ1n) is 8.40. The Kier molecular flexibility index (Phi) is 3.40. The number of carbonyl (C=O) groups excluding carboxylic acids is 1. The summed E-state index contributed by atoms with van der Waals surface area (Å²) in [5.74, 6) is 2.69. The van der Waals surface area contributed by atoms with Gasteiger partial charge in [-0.1, -0.05) is 12.5 Å². The Morgan fingerprint density at radius 2 is 2.09 bits per heavy atom. The molecule has 1 aromatic carbocycles. The Hall–Kier alpha value is -1.84. The Balaban J connectivity index is 1.48. The molecule has 1 aliphatic heterocycles. The number of aromatic nitrogens is 2. The highest BCUT2D eigenvalue weighted by Crippen LogP contribution is 2.34. The van der Waals surface area contributed by atoms with Gasteiger partial charge in [0.2, 0.25) is 5.91 Å². The lowest BCUT2D eigenvalue weighted by atomic mass is 9.78. The number of hydrogen-bond acceptors (Lipinski definition) is 2. The van der Waals surface area contributed by atoms with Crippen LogP contribution < -0.4 is 0 Å². The molecule has 0 spiro atoms. The number of amides is 1. The van der Waals surface area contributed by atoms with Crippen molar-refractivity contribution in [1.29, 1.82) is 0 Å². The maximum atomic E-state index is 12.6. The molecule has 2 aliphatic rings. The number of imidazole rings is 1. The number of carbonyl (C=O) groups is 1. The van der Waals surface area contributed by atoms with Gasteiger partial charge in [-0.25, -0.2) is 4.98 Å². The molecule has 0 radical (unpaired) electrons. The molecule has 22 heavy (non-hydrogen) atoms. The highest BCUT2D eigenvalue weighted by Gasteiger charge is 2.32. The lowest BCUT2D eigenvalue weighted by Crippen LogP contribution is -2.46. The maximum absolute atomic E-state index is 12.6. The van der Waals surface area contributed by atoms with Gasteiger partial charge in [0.25, 0.3) is 0 Å². The smallest absolute Gasteiger partial charge is 0.227 e. The summed E-state index contributed by atoms with van der Waals surface area (Å²) in [5.41, 5.74) is 3.08. The number of nitrogens with zero attached hydrogens (tertiary/aromatic N) is 2. The van der Waals surface area contributed by atoms with Crippen molar-refractivity contribution >= 4 is 16.9 Å².